The van der Waals surface area contributed by atoms with Gasteiger partial charge in [-0.2, -0.15) is 0 Å². The number of aromatic nitrogens is 2. The molecule has 1 aromatic carbocycles. The van der Waals surface area contributed by atoms with Crippen molar-refractivity contribution in [3.8, 4) is 0 Å². The number of rotatable bonds is 3. The van der Waals surface area contributed by atoms with E-state index in [9.17, 15) is 9.59 Å². The molecule has 0 spiro atoms. The first-order valence-electron chi connectivity index (χ1n) is 5.74. The molecule has 2 rings (SSSR count). The lowest BCUT2D eigenvalue weighted by molar-refractivity contribution is 0.655. The maximum absolute atomic E-state index is 11.8. The van der Waals surface area contributed by atoms with Crippen molar-refractivity contribution in [2.45, 2.75) is 6.54 Å². The molecule has 0 aliphatic heterocycles. The van der Waals surface area contributed by atoms with Crippen LogP contribution in [0.3, 0.4) is 0 Å². The number of hydrogen-bond donors (Lipinski definition) is 1. The second-order valence-electron chi connectivity index (χ2n) is 4.24. The summed E-state index contributed by atoms with van der Waals surface area (Å²) in [6.07, 6.45) is 0. The van der Waals surface area contributed by atoms with Gasteiger partial charge >= 0.3 is 5.69 Å². The van der Waals surface area contributed by atoms with Gasteiger partial charge in [0.25, 0.3) is 5.56 Å². The van der Waals surface area contributed by atoms with Crippen molar-refractivity contribution in [3.63, 3.8) is 0 Å². The minimum atomic E-state index is -0.321. The summed E-state index contributed by atoms with van der Waals surface area (Å²) < 4.78 is 3.52. The Balaban J connectivity index is 2.26. The summed E-state index contributed by atoms with van der Waals surface area (Å²) in [5, 5.41) is 3.18. The monoisotopic (exact) mass is 323 g/mol. The van der Waals surface area contributed by atoms with Crippen LogP contribution in [-0.2, 0) is 20.6 Å². The zero-order chi connectivity index (χ0) is 14.0. The van der Waals surface area contributed by atoms with Crippen LogP contribution in [0.1, 0.15) is 5.69 Å². The van der Waals surface area contributed by atoms with Crippen LogP contribution >= 0.6 is 15.9 Å². The maximum Gasteiger partial charge on any atom is 0.330 e. The Labute approximate surface area is 118 Å². The van der Waals surface area contributed by atoms with Crippen molar-refractivity contribution in [1.29, 1.82) is 0 Å². The molecule has 5 nitrogen and oxygen atoms in total. The molecular weight excluding hydrogens is 310 g/mol. The first kappa shape index (κ1) is 13.6. The van der Waals surface area contributed by atoms with Gasteiger partial charge < -0.3 is 5.32 Å². The average Bonchev–Trinajstić information content (AvgIpc) is 2.39. The van der Waals surface area contributed by atoms with E-state index < -0.39 is 0 Å². The lowest BCUT2D eigenvalue weighted by Crippen LogP contribution is -2.38. The first-order chi connectivity index (χ1) is 8.99. The molecule has 1 aromatic heterocycles. The maximum atomic E-state index is 11.8. The second kappa shape index (κ2) is 5.44. The van der Waals surface area contributed by atoms with Crippen LogP contribution in [0.2, 0.25) is 0 Å². The number of anilines is 1. The lowest BCUT2D eigenvalue weighted by Gasteiger charge is -2.11. The summed E-state index contributed by atoms with van der Waals surface area (Å²) in [5.41, 5.74) is 0.947. The minimum Gasteiger partial charge on any atom is -0.379 e. The first-order valence-corrected chi connectivity index (χ1v) is 6.53. The Bertz CT molecular complexity index is 719. The summed E-state index contributed by atoms with van der Waals surface area (Å²) in [6.45, 7) is 0.415. The molecule has 0 bridgehead atoms. The Morgan fingerprint density at radius 3 is 2.58 bits per heavy atom. The van der Waals surface area contributed by atoms with Crippen LogP contribution in [0.15, 0.2) is 44.4 Å². The highest BCUT2D eigenvalue weighted by molar-refractivity contribution is 9.10. The summed E-state index contributed by atoms with van der Waals surface area (Å²) in [5.74, 6) is 0. The van der Waals surface area contributed by atoms with Gasteiger partial charge in [-0.05, 0) is 18.2 Å². The van der Waals surface area contributed by atoms with Gasteiger partial charge in [-0.25, -0.2) is 4.79 Å². The molecule has 19 heavy (non-hydrogen) atoms. The van der Waals surface area contributed by atoms with Gasteiger partial charge in [0.15, 0.2) is 0 Å². The molecule has 0 aliphatic rings. The fraction of sp³-hybridized carbons (Fsp3) is 0.231. The molecule has 1 N–H and O–H groups in total. The lowest BCUT2D eigenvalue weighted by atomic mass is 10.3. The van der Waals surface area contributed by atoms with Crippen molar-refractivity contribution in [2.75, 3.05) is 5.32 Å². The molecule has 100 valence electrons. The zero-order valence-corrected chi connectivity index (χ0v) is 12.3. The third-order valence-corrected chi connectivity index (χ3v) is 3.42. The number of nitrogens with zero attached hydrogens (tertiary/aromatic N) is 2. The molecule has 0 fully saturated rings. The largest absolute Gasteiger partial charge is 0.379 e. The molecule has 0 atom stereocenters. The molecular formula is C13H14BrN3O2. The molecule has 0 aliphatic carbocycles. The SMILES string of the molecule is Cn1c(CNc2cccc(Br)c2)cc(=O)n(C)c1=O. The van der Waals surface area contributed by atoms with Crippen molar-refractivity contribution >= 4 is 21.6 Å². The summed E-state index contributed by atoms with van der Waals surface area (Å²) in [7, 11) is 3.12. The van der Waals surface area contributed by atoms with Gasteiger partial charge in [-0.15, -0.1) is 0 Å². The number of halogens is 1. The van der Waals surface area contributed by atoms with Gasteiger partial charge in [0, 0.05) is 36.0 Å². The predicted molar refractivity (Wildman–Crippen MR) is 78.4 cm³/mol. The van der Waals surface area contributed by atoms with Crippen LogP contribution in [0.25, 0.3) is 0 Å². The van der Waals surface area contributed by atoms with Crippen molar-refractivity contribution in [2.24, 2.45) is 14.1 Å². The third-order valence-electron chi connectivity index (χ3n) is 2.92. The highest BCUT2D eigenvalue weighted by Gasteiger charge is 2.05. The highest BCUT2D eigenvalue weighted by atomic mass is 79.9. The van der Waals surface area contributed by atoms with E-state index in [4.69, 9.17) is 0 Å². The quantitative estimate of drug-likeness (QED) is 0.930. The van der Waals surface area contributed by atoms with Crippen molar-refractivity contribution in [3.05, 3.63) is 61.3 Å². The number of benzene rings is 1. The van der Waals surface area contributed by atoms with E-state index in [-0.39, 0.29) is 11.2 Å². The number of nitrogens with one attached hydrogen (secondary N) is 1. The van der Waals surface area contributed by atoms with Crippen LogP contribution in [-0.4, -0.2) is 9.13 Å². The van der Waals surface area contributed by atoms with Crippen molar-refractivity contribution in [1.82, 2.24) is 9.13 Å². The normalized spacial score (nSPS) is 10.5. The molecule has 0 saturated carbocycles. The Kier molecular flexibility index (Phi) is 3.90. The van der Waals surface area contributed by atoms with Crippen molar-refractivity contribution < 1.29 is 0 Å². The van der Waals surface area contributed by atoms with Gasteiger partial charge in [0.05, 0.1) is 6.54 Å². The average molecular weight is 324 g/mol. The third kappa shape index (κ3) is 2.96. The van der Waals surface area contributed by atoms with E-state index >= 15 is 0 Å². The minimum absolute atomic E-state index is 0.297. The molecule has 6 heteroatoms. The second-order valence-corrected chi connectivity index (χ2v) is 5.15. The van der Waals surface area contributed by atoms with E-state index in [1.165, 1.54) is 17.7 Å². The summed E-state index contributed by atoms with van der Waals surface area (Å²) in [6, 6.07) is 9.16. The molecule has 2 aromatic rings. The van der Waals surface area contributed by atoms with Crippen LogP contribution in [0.5, 0.6) is 0 Å². The van der Waals surface area contributed by atoms with Crippen LogP contribution in [0.4, 0.5) is 5.69 Å². The topological polar surface area (TPSA) is 56.0 Å². The van der Waals surface area contributed by atoms with E-state index in [1.807, 2.05) is 24.3 Å². The van der Waals surface area contributed by atoms with Gasteiger partial charge in [-0.3, -0.25) is 13.9 Å². The van der Waals surface area contributed by atoms with E-state index in [2.05, 4.69) is 21.2 Å². The molecule has 0 amide bonds. The van der Waals surface area contributed by atoms with E-state index in [1.54, 1.807) is 7.05 Å². The molecule has 0 radical (unpaired) electrons. The van der Waals surface area contributed by atoms with Gasteiger partial charge in [0.1, 0.15) is 0 Å². The molecule has 1 heterocycles. The fourth-order valence-electron chi connectivity index (χ4n) is 1.74. The summed E-state index contributed by atoms with van der Waals surface area (Å²) in [4.78, 5) is 23.4. The van der Waals surface area contributed by atoms with Crippen LogP contribution < -0.4 is 16.6 Å². The molecule has 0 saturated heterocycles. The van der Waals surface area contributed by atoms with Crippen LogP contribution in [0, 0.1) is 0 Å². The smallest absolute Gasteiger partial charge is 0.330 e. The predicted octanol–water partition coefficient (Wildman–Crippen LogP) is 1.46. The van der Waals surface area contributed by atoms with E-state index in [0.29, 0.717) is 12.2 Å². The summed E-state index contributed by atoms with van der Waals surface area (Å²) >= 11 is 3.39. The molecule has 0 unspecified atom stereocenters. The Morgan fingerprint density at radius 2 is 1.89 bits per heavy atom. The Morgan fingerprint density at radius 1 is 1.16 bits per heavy atom. The number of hydrogen-bond acceptors (Lipinski definition) is 3. The zero-order valence-electron chi connectivity index (χ0n) is 10.7. The van der Waals surface area contributed by atoms with Gasteiger partial charge in [0.2, 0.25) is 0 Å². The van der Waals surface area contributed by atoms with E-state index in [0.717, 1.165) is 14.7 Å². The highest BCUT2D eigenvalue weighted by Crippen LogP contribution is 2.15. The fourth-order valence-corrected chi connectivity index (χ4v) is 2.14. The van der Waals surface area contributed by atoms with Gasteiger partial charge in [-0.1, -0.05) is 22.0 Å². The Hall–Kier alpha value is -1.82. The standard InChI is InChI=1S/C13H14BrN3O2/c1-16-11(7-12(18)17(2)13(16)19)8-15-10-5-3-4-9(14)6-10/h3-7,15H,8H2,1-2H3.